The Morgan fingerprint density at radius 1 is 1.37 bits per heavy atom. The van der Waals surface area contributed by atoms with Gasteiger partial charge in [-0.2, -0.15) is 13.2 Å². The first-order valence-corrected chi connectivity index (χ1v) is 6.22. The van der Waals surface area contributed by atoms with Crippen molar-refractivity contribution in [2.45, 2.75) is 51.9 Å². The summed E-state index contributed by atoms with van der Waals surface area (Å²) in [6.07, 6.45) is -4.39. The smallest absolute Gasteiger partial charge is 0.342 e. The summed E-state index contributed by atoms with van der Waals surface area (Å²) >= 11 is 0. The Morgan fingerprint density at radius 2 is 1.89 bits per heavy atom. The first-order valence-electron chi connectivity index (χ1n) is 6.22. The SMILES string of the molecule is CCC1(C)C(=O)NC(C(C)C)C(=O)N1CC(F)(F)F. The minimum atomic E-state index is -4.52. The Bertz CT molecular complexity index is 382. The molecule has 0 bridgehead atoms. The molecular formula is C12H19F3N2O2. The van der Waals surface area contributed by atoms with Gasteiger partial charge < -0.3 is 10.2 Å². The summed E-state index contributed by atoms with van der Waals surface area (Å²) in [5.74, 6) is -1.46. The highest BCUT2D eigenvalue weighted by atomic mass is 19.4. The zero-order valence-corrected chi connectivity index (χ0v) is 11.5. The number of piperazine rings is 1. The first-order chi connectivity index (χ1) is 8.53. The van der Waals surface area contributed by atoms with Gasteiger partial charge in [-0.3, -0.25) is 9.59 Å². The summed E-state index contributed by atoms with van der Waals surface area (Å²) in [5, 5.41) is 2.53. The van der Waals surface area contributed by atoms with Gasteiger partial charge in [-0.15, -0.1) is 0 Å². The molecule has 1 saturated heterocycles. The third-order valence-corrected chi connectivity index (χ3v) is 3.60. The van der Waals surface area contributed by atoms with Crippen LogP contribution in [0.2, 0.25) is 0 Å². The van der Waals surface area contributed by atoms with Gasteiger partial charge in [0.1, 0.15) is 18.1 Å². The molecule has 0 aromatic rings. The van der Waals surface area contributed by atoms with Gasteiger partial charge in [-0.25, -0.2) is 0 Å². The van der Waals surface area contributed by atoms with Gasteiger partial charge in [0.05, 0.1) is 0 Å². The van der Waals surface area contributed by atoms with Gasteiger partial charge in [0, 0.05) is 0 Å². The molecule has 4 nitrogen and oxygen atoms in total. The highest BCUT2D eigenvalue weighted by molar-refractivity contribution is 5.99. The monoisotopic (exact) mass is 280 g/mol. The summed E-state index contributed by atoms with van der Waals surface area (Å²) in [4.78, 5) is 24.9. The fourth-order valence-electron chi connectivity index (χ4n) is 2.13. The molecule has 1 heterocycles. The van der Waals surface area contributed by atoms with Crippen LogP contribution in [0, 0.1) is 5.92 Å². The predicted molar refractivity (Wildman–Crippen MR) is 63.2 cm³/mol. The molecule has 2 atom stereocenters. The molecule has 0 aromatic carbocycles. The molecule has 1 rings (SSSR count). The Hall–Kier alpha value is -1.27. The fraction of sp³-hybridized carbons (Fsp3) is 0.833. The number of carbonyl (C=O) groups excluding carboxylic acids is 2. The van der Waals surface area contributed by atoms with Gasteiger partial charge in [0.25, 0.3) is 0 Å². The molecule has 1 aliphatic rings. The van der Waals surface area contributed by atoms with Crippen LogP contribution >= 0.6 is 0 Å². The molecule has 1 aliphatic heterocycles. The number of amides is 2. The average molecular weight is 280 g/mol. The molecular weight excluding hydrogens is 261 g/mol. The second kappa shape index (κ2) is 5.02. The van der Waals surface area contributed by atoms with Crippen molar-refractivity contribution in [2.75, 3.05) is 6.54 Å². The molecule has 2 unspecified atom stereocenters. The van der Waals surface area contributed by atoms with E-state index < -0.39 is 36.1 Å². The van der Waals surface area contributed by atoms with Crippen LogP contribution in [0.4, 0.5) is 13.2 Å². The predicted octanol–water partition coefficient (Wildman–Crippen LogP) is 1.70. The molecule has 0 aliphatic carbocycles. The van der Waals surface area contributed by atoms with Crippen molar-refractivity contribution in [3.05, 3.63) is 0 Å². The van der Waals surface area contributed by atoms with Crippen LogP contribution in [-0.4, -0.2) is 41.0 Å². The molecule has 0 aromatic heterocycles. The van der Waals surface area contributed by atoms with Crippen molar-refractivity contribution in [3.8, 4) is 0 Å². The van der Waals surface area contributed by atoms with E-state index in [9.17, 15) is 22.8 Å². The van der Waals surface area contributed by atoms with Crippen LogP contribution in [0.5, 0.6) is 0 Å². The van der Waals surface area contributed by atoms with Gasteiger partial charge >= 0.3 is 6.18 Å². The lowest BCUT2D eigenvalue weighted by atomic mass is 9.88. The van der Waals surface area contributed by atoms with Crippen LogP contribution in [0.25, 0.3) is 0 Å². The maximum atomic E-state index is 12.6. The lowest BCUT2D eigenvalue weighted by molar-refractivity contribution is -0.183. The number of hydrogen-bond acceptors (Lipinski definition) is 2. The highest BCUT2D eigenvalue weighted by Gasteiger charge is 2.52. The van der Waals surface area contributed by atoms with Crippen LogP contribution in [0.1, 0.15) is 34.1 Å². The number of alkyl halides is 3. The van der Waals surface area contributed by atoms with E-state index in [1.807, 2.05) is 0 Å². The van der Waals surface area contributed by atoms with Crippen molar-refractivity contribution < 1.29 is 22.8 Å². The standard InChI is InChI=1S/C12H19F3N2O2/c1-5-11(4)10(19)16-8(7(2)3)9(18)17(11)6-12(13,14)15/h7-8H,5-6H2,1-4H3,(H,16,19). The van der Waals surface area contributed by atoms with E-state index in [2.05, 4.69) is 5.32 Å². The van der Waals surface area contributed by atoms with Gasteiger partial charge in [0.2, 0.25) is 11.8 Å². The van der Waals surface area contributed by atoms with Crippen LogP contribution < -0.4 is 5.32 Å². The lowest BCUT2D eigenvalue weighted by Crippen LogP contribution is -2.71. The average Bonchev–Trinajstić information content (AvgIpc) is 2.27. The minimum Gasteiger partial charge on any atom is -0.342 e. The second-order valence-corrected chi connectivity index (χ2v) is 5.36. The number of halogens is 3. The Balaban J connectivity index is 3.15. The van der Waals surface area contributed by atoms with Crippen molar-refractivity contribution in [1.82, 2.24) is 10.2 Å². The second-order valence-electron chi connectivity index (χ2n) is 5.36. The number of nitrogens with zero attached hydrogens (tertiary/aromatic N) is 1. The Labute approximate surface area is 110 Å². The van der Waals surface area contributed by atoms with Crippen LogP contribution in [-0.2, 0) is 9.59 Å². The third kappa shape index (κ3) is 3.01. The lowest BCUT2D eigenvalue weighted by Gasteiger charge is -2.46. The molecule has 0 radical (unpaired) electrons. The van der Waals surface area contributed by atoms with Crippen LogP contribution in [0.3, 0.4) is 0 Å². The van der Waals surface area contributed by atoms with E-state index >= 15 is 0 Å². The Morgan fingerprint density at radius 3 is 2.26 bits per heavy atom. The maximum Gasteiger partial charge on any atom is 0.406 e. The van der Waals surface area contributed by atoms with E-state index in [0.717, 1.165) is 0 Å². The first kappa shape index (κ1) is 15.8. The molecule has 2 amide bonds. The van der Waals surface area contributed by atoms with E-state index in [1.165, 1.54) is 6.92 Å². The van der Waals surface area contributed by atoms with Gasteiger partial charge in [-0.05, 0) is 19.3 Å². The number of hydrogen-bond donors (Lipinski definition) is 1. The molecule has 0 spiro atoms. The summed E-state index contributed by atoms with van der Waals surface area (Å²) in [6.45, 7) is 4.92. The largest absolute Gasteiger partial charge is 0.406 e. The molecule has 19 heavy (non-hydrogen) atoms. The quantitative estimate of drug-likeness (QED) is 0.855. The van der Waals surface area contributed by atoms with Gasteiger partial charge in [-0.1, -0.05) is 20.8 Å². The number of nitrogens with one attached hydrogen (secondary N) is 1. The fourth-order valence-corrected chi connectivity index (χ4v) is 2.13. The van der Waals surface area contributed by atoms with E-state index in [0.29, 0.717) is 4.90 Å². The maximum absolute atomic E-state index is 12.6. The zero-order chi connectivity index (χ0) is 15.0. The van der Waals surface area contributed by atoms with E-state index in [4.69, 9.17) is 0 Å². The minimum absolute atomic E-state index is 0.130. The van der Waals surface area contributed by atoms with E-state index in [-0.39, 0.29) is 12.3 Å². The number of carbonyl (C=O) groups is 2. The summed E-state index contributed by atoms with van der Waals surface area (Å²) < 4.78 is 37.9. The molecule has 0 saturated carbocycles. The van der Waals surface area contributed by atoms with Crippen molar-refractivity contribution in [1.29, 1.82) is 0 Å². The topological polar surface area (TPSA) is 49.4 Å². The van der Waals surface area contributed by atoms with Crippen LogP contribution in [0.15, 0.2) is 0 Å². The van der Waals surface area contributed by atoms with E-state index in [1.54, 1.807) is 20.8 Å². The summed E-state index contributed by atoms with van der Waals surface area (Å²) in [6, 6.07) is -0.894. The Kier molecular flexibility index (Phi) is 4.17. The molecule has 7 heteroatoms. The highest BCUT2D eigenvalue weighted by Crippen LogP contribution is 2.30. The van der Waals surface area contributed by atoms with Crippen molar-refractivity contribution in [3.63, 3.8) is 0 Å². The molecule has 1 fully saturated rings. The van der Waals surface area contributed by atoms with Crippen molar-refractivity contribution in [2.24, 2.45) is 5.92 Å². The normalized spacial score (nSPS) is 28.8. The third-order valence-electron chi connectivity index (χ3n) is 3.60. The van der Waals surface area contributed by atoms with Gasteiger partial charge in [0.15, 0.2) is 0 Å². The van der Waals surface area contributed by atoms with Crippen molar-refractivity contribution >= 4 is 11.8 Å². The number of rotatable bonds is 3. The molecule has 110 valence electrons. The summed E-state index contributed by atoms with van der Waals surface area (Å²) in [5.41, 5.74) is -1.45. The summed E-state index contributed by atoms with van der Waals surface area (Å²) in [7, 11) is 0. The molecule has 1 N–H and O–H groups in total. The zero-order valence-electron chi connectivity index (χ0n) is 11.5.